The van der Waals surface area contributed by atoms with Gasteiger partial charge >= 0.3 is 0 Å². The van der Waals surface area contributed by atoms with Crippen LogP contribution in [0.1, 0.15) is 0 Å². The van der Waals surface area contributed by atoms with Gasteiger partial charge in [-0.05, 0) is 12.1 Å². The van der Waals surface area contributed by atoms with Crippen LogP contribution in [-0.2, 0) is 0 Å². The molecule has 1 aromatic rings. The van der Waals surface area contributed by atoms with Crippen LogP contribution in [0.2, 0.25) is 5.02 Å². The quantitative estimate of drug-likeness (QED) is 0.523. The molecule has 0 fully saturated rings. The molecule has 0 radical (unpaired) electrons. The summed E-state index contributed by atoms with van der Waals surface area (Å²) in [5, 5.41) is 9.40. The van der Waals surface area contributed by atoms with Gasteiger partial charge in [0.1, 0.15) is 5.75 Å². The molecular weight excluding hydrogens is 217 g/mol. The molecule has 0 aliphatic rings. The number of rotatable bonds is 0. The van der Waals surface area contributed by atoms with Gasteiger partial charge in [0.25, 0.3) is 0 Å². The van der Waals surface area contributed by atoms with E-state index in [-0.39, 0.29) is 11.4 Å². The van der Waals surface area contributed by atoms with Crippen molar-refractivity contribution in [3.63, 3.8) is 0 Å². The second-order valence-electron chi connectivity index (χ2n) is 1.82. The Morgan fingerprint density at radius 3 is 2.60 bits per heavy atom. The number of nitrogens with two attached hydrogens (primary N) is 1. The van der Waals surface area contributed by atoms with Crippen molar-refractivity contribution in [2.75, 3.05) is 5.73 Å². The molecule has 0 bridgehead atoms. The number of phenolic OH excluding ortho intramolecular Hbond substituents is 1. The maximum Gasteiger partial charge on any atom is 0.141 e. The molecule has 0 aromatic heterocycles. The third-order valence-corrected chi connectivity index (χ3v) is 1.84. The Morgan fingerprint density at radius 1 is 1.50 bits per heavy atom. The van der Waals surface area contributed by atoms with E-state index in [1.54, 1.807) is 6.07 Å². The Bertz CT molecular complexity index is 241. The number of hydrogen-bond acceptors (Lipinski definition) is 2. The fourth-order valence-electron chi connectivity index (χ4n) is 0.571. The van der Waals surface area contributed by atoms with E-state index in [1.807, 2.05) is 0 Å². The number of nitrogen functional groups attached to an aromatic ring is 1. The molecule has 0 saturated carbocycles. The minimum absolute atomic E-state index is 0.000579. The lowest BCUT2D eigenvalue weighted by Crippen LogP contribution is -1.86. The first-order chi connectivity index (χ1) is 4.61. The average Bonchev–Trinajstić information content (AvgIpc) is 1.82. The number of benzene rings is 1. The van der Waals surface area contributed by atoms with Crippen LogP contribution in [0.4, 0.5) is 5.69 Å². The molecule has 10 heavy (non-hydrogen) atoms. The van der Waals surface area contributed by atoms with Crippen LogP contribution >= 0.6 is 27.5 Å². The molecular formula is C6H5BrClNO. The maximum absolute atomic E-state index is 9.04. The lowest BCUT2D eigenvalue weighted by atomic mass is 10.3. The van der Waals surface area contributed by atoms with Crippen molar-refractivity contribution in [3.8, 4) is 5.75 Å². The normalized spacial score (nSPS) is 9.80. The second-order valence-corrected chi connectivity index (χ2v) is 3.14. The van der Waals surface area contributed by atoms with E-state index in [9.17, 15) is 0 Å². The topological polar surface area (TPSA) is 46.2 Å². The molecule has 0 atom stereocenters. The first-order valence-electron chi connectivity index (χ1n) is 2.54. The zero-order valence-electron chi connectivity index (χ0n) is 4.94. The van der Waals surface area contributed by atoms with Crippen molar-refractivity contribution < 1.29 is 5.11 Å². The van der Waals surface area contributed by atoms with E-state index >= 15 is 0 Å². The van der Waals surface area contributed by atoms with Crippen LogP contribution in [-0.4, -0.2) is 5.11 Å². The van der Waals surface area contributed by atoms with Gasteiger partial charge in [0.2, 0.25) is 0 Å². The summed E-state index contributed by atoms with van der Waals surface area (Å²) in [6.07, 6.45) is 0. The van der Waals surface area contributed by atoms with Crippen molar-refractivity contribution in [1.82, 2.24) is 0 Å². The molecule has 54 valence electrons. The van der Waals surface area contributed by atoms with Gasteiger partial charge in [0, 0.05) is 4.47 Å². The molecule has 4 heteroatoms. The van der Waals surface area contributed by atoms with Crippen LogP contribution in [0.25, 0.3) is 0 Å². The van der Waals surface area contributed by atoms with Gasteiger partial charge < -0.3 is 10.8 Å². The van der Waals surface area contributed by atoms with E-state index < -0.39 is 0 Å². The average molecular weight is 222 g/mol. The minimum atomic E-state index is -0.000579. The molecule has 1 rings (SSSR count). The Balaban J connectivity index is 3.31. The third kappa shape index (κ3) is 1.36. The van der Waals surface area contributed by atoms with Crippen molar-refractivity contribution >= 4 is 33.2 Å². The summed E-state index contributed by atoms with van der Waals surface area (Å²) in [6.45, 7) is 0. The van der Waals surface area contributed by atoms with Crippen molar-refractivity contribution in [2.45, 2.75) is 0 Å². The Morgan fingerprint density at radius 2 is 2.10 bits per heavy atom. The Kier molecular flexibility index (Phi) is 2.06. The predicted molar refractivity (Wildman–Crippen MR) is 45.2 cm³/mol. The fourth-order valence-corrected chi connectivity index (χ4v) is 1.36. The minimum Gasteiger partial charge on any atom is -0.506 e. The fraction of sp³-hybridized carbons (Fsp3) is 0. The standard InChI is InChI=1S/C6H5BrClNO/c7-3-1-4(8)6(9)5(10)2-3/h1-2,10H,9H2. The molecule has 0 saturated heterocycles. The predicted octanol–water partition coefficient (Wildman–Crippen LogP) is 2.39. The Hall–Kier alpha value is -0.410. The smallest absolute Gasteiger partial charge is 0.141 e. The highest BCUT2D eigenvalue weighted by molar-refractivity contribution is 9.10. The van der Waals surface area contributed by atoms with Gasteiger partial charge in [-0.2, -0.15) is 0 Å². The summed E-state index contributed by atoms with van der Waals surface area (Å²) in [4.78, 5) is 0. The van der Waals surface area contributed by atoms with Crippen LogP contribution in [0.3, 0.4) is 0 Å². The van der Waals surface area contributed by atoms with E-state index in [4.69, 9.17) is 22.4 Å². The summed E-state index contributed by atoms with van der Waals surface area (Å²) < 4.78 is 0.712. The number of anilines is 1. The van der Waals surface area contributed by atoms with Crippen molar-refractivity contribution in [1.29, 1.82) is 0 Å². The highest BCUT2D eigenvalue weighted by Gasteiger charge is 2.02. The monoisotopic (exact) mass is 221 g/mol. The molecule has 0 aliphatic heterocycles. The van der Waals surface area contributed by atoms with E-state index in [1.165, 1.54) is 6.07 Å². The molecule has 0 aliphatic carbocycles. The zero-order valence-corrected chi connectivity index (χ0v) is 7.28. The van der Waals surface area contributed by atoms with E-state index in [2.05, 4.69) is 15.9 Å². The number of halogens is 2. The largest absolute Gasteiger partial charge is 0.506 e. The third-order valence-electron chi connectivity index (χ3n) is 1.07. The van der Waals surface area contributed by atoms with Gasteiger partial charge in [0.05, 0.1) is 10.7 Å². The van der Waals surface area contributed by atoms with E-state index in [0.717, 1.165) is 0 Å². The SMILES string of the molecule is Nc1c(O)cc(Br)cc1Cl. The van der Waals surface area contributed by atoms with Crippen LogP contribution < -0.4 is 5.73 Å². The van der Waals surface area contributed by atoms with Gasteiger partial charge in [0.15, 0.2) is 0 Å². The molecule has 0 unspecified atom stereocenters. The van der Waals surface area contributed by atoms with Gasteiger partial charge in [-0.25, -0.2) is 0 Å². The maximum atomic E-state index is 9.04. The molecule has 3 N–H and O–H groups in total. The number of phenols is 1. The summed E-state index contributed by atoms with van der Waals surface area (Å²) in [5.41, 5.74) is 5.56. The number of hydrogen-bond donors (Lipinski definition) is 2. The van der Waals surface area contributed by atoms with E-state index in [0.29, 0.717) is 9.50 Å². The summed E-state index contributed by atoms with van der Waals surface area (Å²) in [5.74, 6) is -0.000579. The molecule has 0 amide bonds. The molecule has 0 heterocycles. The second kappa shape index (κ2) is 2.68. The lowest BCUT2D eigenvalue weighted by molar-refractivity contribution is 0.477. The zero-order chi connectivity index (χ0) is 7.72. The van der Waals surface area contributed by atoms with Crippen LogP contribution in [0.15, 0.2) is 16.6 Å². The van der Waals surface area contributed by atoms with Gasteiger partial charge in [-0.1, -0.05) is 27.5 Å². The summed E-state index contributed by atoms with van der Waals surface area (Å²) in [7, 11) is 0. The number of aromatic hydroxyl groups is 1. The lowest BCUT2D eigenvalue weighted by Gasteiger charge is -2.00. The molecule has 0 spiro atoms. The van der Waals surface area contributed by atoms with Crippen LogP contribution in [0.5, 0.6) is 5.75 Å². The summed E-state index contributed by atoms with van der Waals surface area (Å²) >= 11 is 8.75. The highest BCUT2D eigenvalue weighted by Crippen LogP contribution is 2.31. The highest BCUT2D eigenvalue weighted by atomic mass is 79.9. The Labute approximate surface area is 71.7 Å². The molecule has 2 nitrogen and oxygen atoms in total. The first-order valence-corrected chi connectivity index (χ1v) is 3.72. The summed E-state index contributed by atoms with van der Waals surface area (Å²) in [6, 6.07) is 3.11. The molecule has 1 aromatic carbocycles. The van der Waals surface area contributed by atoms with Crippen molar-refractivity contribution in [3.05, 3.63) is 21.6 Å². The van der Waals surface area contributed by atoms with Crippen LogP contribution in [0, 0.1) is 0 Å². The first kappa shape index (κ1) is 7.69. The van der Waals surface area contributed by atoms with Gasteiger partial charge in [-0.15, -0.1) is 0 Å². The van der Waals surface area contributed by atoms with Crippen molar-refractivity contribution in [2.24, 2.45) is 0 Å². The van der Waals surface area contributed by atoms with Gasteiger partial charge in [-0.3, -0.25) is 0 Å².